The SMILES string of the molecule is CCCCCCCCCC/C=C\CCCCCCCCCCCC(=O)OC(COC(=O)CCCCCCCCCCCCCCCCCCCCCC)COC(OCC[N+](C)(C)C)C(=O)O. The molecule has 0 saturated carbocycles. The number of quaternary nitrogens is 1. The topological polar surface area (TPSA) is 108 Å². The zero-order valence-corrected chi connectivity index (χ0v) is 44.4. The lowest BCUT2D eigenvalue weighted by molar-refractivity contribution is -0.870. The number of unbranched alkanes of at least 4 members (excludes halogenated alkanes) is 36. The summed E-state index contributed by atoms with van der Waals surface area (Å²) in [6.07, 6.45) is 52.8. The van der Waals surface area contributed by atoms with Crippen LogP contribution in [0.1, 0.15) is 277 Å². The van der Waals surface area contributed by atoms with Crippen LogP contribution >= 0.6 is 0 Å². The fourth-order valence-electron chi connectivity index (χ4n) is 8.36. The fraction of sp³-hybridized carbons (Fsp3) is 0.912. The van der Waals surface area contributed by atoms with Crippen LogP contribution < -0.4 is 0 Å². The largest absolute Gasteiger partial charge is 0.477 e. The summed E-state index contributed by atoms with van der Waals surface area (Å²) in [7, 11) is 5.98. The number of carbonyl (C=O) groups excluding carboxylic acids is 2. The Bertz CT molecular complexity index is 1090. The fourth-order valence-corrected chi connectivity index (χ4v) is 8.36. The van der Waals surface area contributed by atoms with Crippen molar-refractivity contribution in [1.29, 1.82) is 0 Å². The Kier molecular flexibility index (Phi) is 48.0. The van der Waals surface area contributed by atoms with E-state index in [9.17, 15) is 19.5 Å². The predicted octanol–water partition coefficient (Wildman–Crippen LogP) is 16.2. The molecule has 9 nitrogen and oxygen atoms in total. The maximum Gasteiger partial charge on any atom is 0.361 e. The first-order valence-corrected chi connectivity index (χ1v) is 28.4. The van der Waals surface area contributed by atoms with Gasteiger partial charge < -0.3 is 28.5 Å². The number of likely N-dealkylation sites (N-methyl/N-ethyl adjacent to an activating group) is 1. The van der Waals surface area contributed by atoms with Crippen LogP contribution in [0.15, 0.2) is 12.2 Å². The van der Waals surface area contributed by atoms with Crippen molar-refractivity contribution in [2.75, 3.05) is 47.5 Å². The Labute approximate surface area is 408 Å². The van der Waals surface area contributed by atoms with Gasteiger partial charge in [0.1, 0.15) is 13.2 Å². The van der Waals surface area contributed by atoms with Crippen molar-refractivity contribution in [3.05, 3.63) is 12.2 Å². The van der Waals surface area contributed by atoms with Gasteiger partial charge in [-0.3, -0.25) is 9.59 Å². The number of carbonyl (C=O) groups is 3. The van der Waals surface area contributed by atoms with E-state index in [0.717, 1.165) is 38.5 Å². The van der Waals surface area contributed by atoms with Gasteiger partial charge in [-0.2, -0.15) is 0 Å². The second kappa shape index (κ2) is 49.5. The number of rotatable bonds is 53. The molecule has 0 aliphatic heterocycles. The van der Waals surface area contributed by atoms with Crippen molar-refractivity contribution >= 4 is 17.9 Å². The molecule has 2 atom stereocenters. The summed E-state index contributed by atoms with van der Waals surface area (Å²) in [5.74, 6) is -1.98. The summed E-state index contributed by atoms with van der Waals surface area (Å²) < 4.78 is 22.9. The first-order chi connectivity index (χ1) is 32.1. The molecule has 0 aromatic heterocycles. The minimum atomic E-state index is -1.51. The maximum atomic E-state index is 12.9. The molecule has 0 spiro atoms. The number of carboxylic acids is 1. The molecule has 0 rings (SSSR count). The highest BCUT2D eigenvalue weighted by atomic mass is 16.7. The lowest BCUT2D eigenvalue weighted by Gasteiger charge is -2.25. The van der Waals surface area contributed by atoms with Crippen LogP contribution in [0.4, 0.5) is 0 Å². The molecule has 0 bridgehead atoms. The third-order valence-corrected chi connectivity index (χ3v) is 12.8. The molecule has 0 amide bonds. The average Bonchev–Trinajstić information content (AvgIpc) is 3.28. The molecule has 2 unspecified atom stereocenters. The van der Waals surface area contributed by atoms with Gasteiger partial charge in [0.2, 0.25) is 0 Å². The number of ether oxygens (including phenoxy) is 4. The van der Waals surface area contributed by atoms with E-state index in [1.165, 1.54) is 212 Å². The second-order valence-electron chi connectivity index (χ2n) is 20.6. The van der Waals surface area contributed by atoms with Gasteiger partial charge in [-0.25, -0.2) is 4.79 Å². The number of allylic oxidation sites excluding steroid dienone is 2. The lowest BCUT2D eigenvalue weighted by Crippen LogP contribution is -2.40. The number of hydrogen-bond donors (Lipinski definition) is 1. The van der Waals surface area contributed by atoms with E-state index in [-0.39, 0.29) is 32.2 Å². The van der Waals surface area contributed by atoms with E-state index < -0.39 is 24.3 Å². The Morgan fingerprint density at radius 1 is 0.439 bits per heavy atom. The van der Waals surface area contributed by atoms with Gasteiger partial charge in [0.15, 0.2) is 6.10 Å². The van der Waals surface area contributed by atoms with Crippen LogP contribution in [0, 0.1) is 0 Å². The molecule has 390 valence electrons. The monoisotopic (exact) mass is 937 g/mol. The number of hydrogen-bond acceptors (Lipinski definition) is 7. The molecule has 0 radical (unpaired) electrons. The van der Waals surface area contributed by atoms with E-state index in [0.29, 0.717) is 17.4 Å². The molecule has 1 N–H and O–H groups in total. The van der Waals surface area contributed by atoms with Gasteiger partial charge in [-0.15, -0.1) is 0 Å². The third kappa shape index (κ3) is 49.9. The Morgan fingerprint density at radius 3 is 1.12 bits per heavy atom. The maximum absolute atomic E-state index is 12.9. The van der Waals surface area contributed by atoms with E-state index in [1.807, 2.05) is 21.1 Å². The molecule has 0 aliphatic carbocycles. The van der Waals surface area contributed by atoms with Gasteiger partial charge >= 0.3 is 17.9 Å². The first kappa shape index (κ1) is 64.0. The molecular weight excluding hydrogens is 827 g/mol. The molecule has 66 heavy (non-hydrogen) atoms. The van der Waals surface area contributed by atoms with E-state index in [4.69, 9.17) is 18.9 Å². The van der Waals surface area contributed by atoms with Crippen LogP contribution in [-0.2, 0) is 33.3 Å². The van der Waals surface area contributed by atoms with Crippen molar-refractivity contribution < 1.29 is 42.9 Å². The normalized spacial score (nSPS) is 12.8. The molecule has 0 aromatic rings. The van der Waals surface area contributed by atoms with Gasteiger partial charge in [-0.05, 0) is 38.5 Å². The van der Waals surface area contributed by atoms with Crippen LogP contribution in [-0.4, -0.2) is 87.4 Å². The number of carboxylic acid groups (broad SMARTS) is 1. The van der Waals surface area contributed by atoms with Gasteiger partial charge in [0.05, 0.1) is 34.4 Å². The molecule has 0 aromatic carbocycles. The van der Waals surface area contributed by atoms with Gasteiger partial charge in [0, 0.05) is 12.8 Å². The Morgan fingerprint density at radius 2 is 0.773 bits per heavy atom. The smallest absolute Gasteiger partial charge is 0.361 e. The molecule has 0 fully saturated rings. The van der Waals surface area contributed by atoms with Crippen LogP contribution in [0.2, 0.25) is 0 Å². The van der Waals surface area contributed by atoms with Crippen LogP contribution in [0.25, 0.3) is 0 Å². The predicted molar refractivity (Wildman–Crippen MR) is 277 cm³/mol. The first-order valence-electron chi connectivity index (χ1n) is 28.4. The van der Waals surface area contributed by atoms with Crippen LogP contribution in [0.3, 0.4) is 0 Å². The summed E-state index contributed by atoms with van der Waals surface area (Å²) in [4.78, 5) is 37.4. The zero-order valence-electron chi connectivity index (χ0n) is 44.4. The summed E-state index contributed by atoms with van der Waals surface area (Å²) in [6, 6.07) is 0. The van der Waals surface area contributed by atoms with Crippen LogP contribution in [0.5, 0.6) is 0 Å². The molecule has 0 saturated heterocycles. The summed E-state index contributed by atoms with van der Waals surface area (Å²) in [5, 5.41) is 9.69. The second-order valence-corrected chi connectivity index (χ2v) is 20.6. The van der Waals surface area contributed by atoms with Crippen molar-refractivity contribution in [3.63, 3.8) is 0 Å². The minimum absolute atomic E-state index is 0.176. The highest BCUT2D eigenvalue weighted by Gasteiger charge is 2.25. The number of esters is 2. The summed E-state index contributed by atoms with van der Waals surface area (Å²) in [6.45, 7) is 4.93. The lowest BCUT2D eigenvalue weighted by atomic mass is 10.0. The van der Waals surface area contributed by atoms with E-state index in [1.54, 1.807) is 0 Å². The molecule has 9 heteroatoms. The Balaban J connectivity index is 4.24. The Hall–Kier alpha value is -1.97. The van der Waals surface area contributed by atoms with Crippen molar-refractivity contribution in [2.45, 2.75) is 289 Å². The summed E-state index contributed by atoms with van der Waals surface area (Å²) in [5.41, 5.74) is 0. The average molecular weight is 938 g/mol. The van der Waals surface area contributed by atoms with Crippen molar-refractivity contribution in [1.82, 2.24) is 0 Å². The van der Waals surface area contributed by atoms with Gasteiger partial charge in [-0.1, -0.05) is 238 Å². The quantitative estimate of drug-likeness (QED) is 0.0211. The third-order valence-electron chi connectivity index (χ3n) is 12.8. The van der Waals surface area contributed by atoms with Crippen molar-refractivity contribution in [3.8, 4) is 0 Å². The summed E-state index contributed by atoms with van der Waals surface area (Å²) >= 11 is 0. The standard InChI is InChI=1S/C57H109NO8/c1-6-8-10-12-14-16-18-20-22-24-26-28-30-32-34-36-38-40-42-44-46-48-55(60)66-53(52-65-57(56(61)62)63-50-49-58(3,4)5)51-64-54(59)47-45-43-41-39-37-35-33-31-29-27-25-23-21-19-17-15-13-11-9-7-2/h24,26,53,57H,6-23,25,27-52H2,1-5H3/p+1/b26-24-. The molecule has 0 aliphatic rings. The number of aliphatic carboxylic acids is 1. The van der Waals surface area contributed by atoms with E-state index >= 15 is 0 Å². The number of nitrogens with zero attached hydrogens (tertiary/aromatic N) is 1. The van der Waals surface area contributed by atoms with E-state index in [2.05, 4.69) is 26.0 Å². The molecule has 0 heterocycles. The zero-order chi connectivity index (χ0) is 48.4. The highest BCUT2D eigenvalue weighted by Crippen LogP contribution is 2.17. The molecular formula is C57H110NO8+. The highest BCUT2D eigenvalue weighted by molar-refractivity contribution is 5.71. The van der Waals surface area contributed by atoms with Crippen molar-refractivity contribution in [2.24, 2.45) is 0 Å². The van der Waals surface area contributed by atoms with Gasteiger partial charge in [0.25, 0.3) is 6.29 Å². The minimum Gasteiger partial charge on any atom is -0.477 e.